The number of pyridine rings is 1. The van der Waals surface area contributed by atoms with Gasteiger partial charge in [-0.15, -0.1) is 0 Å². The van der Waals surface area contributed by atoms with Crippen LogP contribution in [0.3, 0.4) is 0 Å². The molecule has 0 bridgehead atoms. The topological polar surface area (TPSA) is 60.9 Å². The van der Waals surface area contributed by atoms with Crippen molar-refractivity contribution in [2.45, 2.75) is 37.8 Å². The number of nitrogens with one attached hydrogen (secondary N) is 2. The van der Waals surface area contributed by atoms with Gasteiger partial charge in [0.1, 0.15) is 5.65 Å². The van der Waals surface area contributed by atoms with Crippen LogP contribution in [0, 0.1) is 0 Å². The van der Waals surface area contributed by atoms with Gasteiger partial charge in [-0.05, 0) is 37.8 Å². The van der Waals surface area contributed by atoms with E-state index in [1.807, 2.05) is 24.5 Å². The van der Waals surface area contributed by atoms with E-state index in [0.29, 0.717) is 6.04 Å². The van der Waals surface area contributed by atoms with Gasteiger partial charge < -0.3 is 15.4 Å². The number of hydrogen-bond donors (Lipinski definition) is 3. The minimum atomic E-state index is -0.0993. The Kier molecular flexibility index (Phi) is 2.73. The molecular formula is C13H17N3O. The van der Waals surface area contributed by atoms with Gasteiger partial charge in [-0.25, -0.2) is 4.98 Å². The van der Waals surface area contributed by atoms with Crippen LogP contribution in [0.5, 0.6) is 0 Å². The van der Waals surface area contributed by atoms with Crippen LogP contribution in [0.1, 0.15) is 25.7 Å². The molecule has 0 amide bonds. The minimum Gasteiger partial charge on any atom is -0.393 e. The molecule has 0 aliphatic heterocycles. The van der Waals surface area contributed by atoms with Gasteiger partial charge in [-0.3, -0.25) is 0 Å². The van der Waals surface area contributed by atoms with Crippen LogP contribution >= 0.6 is 0 Å². The number of hydrogen-bond acceptors (Lipinski definition) is 3. The molecule has 1 aliphatic rings. The monoisotopic (exact) mass is 231 g/mol. The maximum atomic E-state index is 9.49. The van der Waals surface area contributed by atoms with Crippen molar-refractivity contribution >= 4 is 16.7 Å². The first-order valence-corrected chi connectivity index (χ1v) is 6.19. The van der Waals surface area contributed by atoms with Crippen molar-refractivity contribution in [1.82, 2.24) is 9.97 Å². The smallest absolute Gasteiger partial charge is 0.139 e. The molecule has 3 rings (SSSR count). The molecule has 0 radical (unpaired) electrons. The fourth-order valence-electron chi connectivity index (χ4n) is 2.53. The Hall–Kier alpha value is -1.55. The van der Waals surface area contributed by atoms with Crippen LogP contribution in [-0.4, -0.2) is 27.2 Å². The summed E-state index contributed by atoms with van der Waals surface area (Å²) in [6, 6.07) is 4.53. The molecule has 1 aliphatic carbocycles. The number of rotatable bonds is 2. The van der Waals surface area contributed by atoms with E-state index >= 15 is 0 Å². The number of aliphatic hydroxyl groups excluding tert-OH is 1. The Morgan fingerprint density at radius 1 is 1.24 bits per heavy atom. The van der Waals surface area contributed by atoms with E-state index in [-0.39, 0.29) is 6.10 Å². The summed E-state index contributed by atoms with van der Waals surface area (Å²) in [5, 5.41) is 14.2. The standard InChI is InChI=1S/C13H17N3O/c17-10-3-1-9(2-4-10)16-12-6-8-15-13-11(12)5-7-14-13/h5-10,17H,1-4H2,(H2,14,15,16). The van der Waals surface area contributed by atoms with Crippen LogP contribution < -0.4 is 5.32 Å². The zero-order valence-corrected chi connectivity index (χ0v) is 9.69. The summed E-state index contributed by atoms with van der Waals surface area (Å²) >= 11 is 0. The number of H-pyrrole nitrogens is 1. The molecule has 2 heterocycles. The molecule has 17 heavy (non-hydrogen) atoms. The summed E-state index contributed by atoms with van der Waals surface area (Å²) in [5.41, 5.74) is 2.06. The molecule has 0 aromatic carbocycles. The number of aromatic nitrogens is 2. The van der Waals surface area contributed by atoms with Gasteiger partial charge in [0.25, 0.3) is 0 Å². The molecule has 4 nitrogen and oxygen atoms in total. The molecule has 0 spiro atoms. The average Bonchev–Trinajstić information content (AvgIpc) is 2.81. The van der Waals surface area contributed by atoms with E-state index in [1.165, 1.54) is 0 Å². The summed E-state index contributed by atoms with van der Waals surface area (Å²) in [5.74, 6) is 0. The van der Waals surface area contributed by atoms with Crippen molar-refractivity contribution in [1.29, 1.82) is 0 Å². The normalized spacial score (nSPS) is 25.0. The quantitative estimate of drug-likeness (QED) is 0.743. The Balaban J connectivity index is 1.78. The summed E-state index contributed by atoms with van der Waals surface area (Å²) in [6.07, 6.45) is 7.51. The Morgan fingerprint density at radius 2 is 2.06 bits per heavy atom. The third-order valence-electron chi connectivity index (χ3n) is 3.52. The minimum absolute atomic E-state index is 0.0993. The van der Waals surface area contributed by atoms with Crippen molar-refractivity contribution in [3.63, 3.8) is 0 Å². The van der Waals surface area contributed by atoms with E-state index in [1.54, 1.807) is 0 Å². The van der Waals surface area contributed by atoms with E-state index in [4.69, 9.17) is 0 Å². The third-order valence-corrected chi connectivity index (χ3v) is 3.52. The summed E-state index contributed by atoms with van der Waals surface area (Å²) < 4.78 is 0. The first-order valence-electron chi connectivity index (χ1n) is 6.19. The lowest BCUT2D eigenvalue weighted by atomic mass is 9.93. The lowest BCUT2D eigenvalue weighted by Gasteiger charge is -2.27. The van der Waals surface area contributed by atoms with Crippen molar-refractivity contribution in [2.75, 3.05) is 5.32 Å². The maximum Gasteiger partial charge on any atom is 0.139 e. The molecule has 0 saturated heterocycles. The Bertz CT molecular complexity index is 500. The van der Waals surface area contributed by atoms with E-state index in [2.05, 4.69) is 15.3 Å². The van der Waals surface area contributed by atoms with Crippen LogP contribution in [0.4, 0.5) is 5.69 Å². The number of nitrogens with zero attached hydrogens (tertiary/aromatic N) is 1. The molecule has 2 aromatic heterocycles. The van der Waals surface area contributed by atoms with Crippen LogP contribution in [0.15, 0.2) is 24.5 Å². The summed E-state index contributed by atoms with van der Waals surface area (Å²) in [6.45, 7) is 0. The van der Waals surface area contributed by atoms with E-state index < -0.39 is 0 Å². The molecule has 0 unspecified atom stereocenters. The van der Waals surface area contributed by atoms with Gasteiger partial charge >= 0.3 is 0 Å². The molecule has 3 N–H and O–H groups in total. The predicted molar refractivity (Wildman–Crippen MR) is 68.0 cm³/mol. The van der Waals surface area contributed by atoms with Crippen molar-refractivity contribution in [3.8, 4) is 0 Å². The molecule has 0 atom stereocenters. The highest BCUT2D eigenvalue weighted by atomic mass is 16.3. The van der Waals surface area contributed by atoms with Gasteiger partial charge in [-0.1, -0.05) is 0 Å². The summed E-state index contributed by atoms with van der Waals surface area (Å²) in [7, 11) is 0. The van der Waals surface area contributed by atoms with Gasteiger partial charge in [0.2, 0.25) is 0 Å². The largest absolute Gasteiger partial charge is 0.393 e. The number of anilines is 1. The second-order valence-corrected chi connectivity index (χ2v) is 4.75. The molecule has 90 valence electrons. The van der Waals surface area contributed by atoms with Crippen LogP contribution in [0.25, 0.3) is 11.0 Å². The highest BCUT2D eigenvalue weighted by Crippen LogP contribution is 2.26. The zero-order chi connectivity index (χ0) is 11.7. The van der Waals surface area contributed by atoms with Crippen molar-refractivity contribution < 1.29 is 5.11 Å². The van der Waals surface area contributed by atoms with Gasteiger partial charge in [0.15, 0.2) is 0 Å². The lowest BCUT2D eigenvalue weighted by molar-refractivity contribution is 0.126. The summed E-state index contributed by atoms with van der Waals surface area (Å²) in [4.78, 5) is 7.38. The number of fused-ring (bicyclic) bond motifs is 1. The number of aromatic amines is 1. The van der Waals surface area contributed by atoms with E-state index in [9.17, 15) is 5.11 Å². The van der Waals surface area contributed by atoms with Crippen LogP contribution in [0.2, 0.25) is 0 Å². The van der Waals surface area contributed by atoms with Crippen molar-refractivity contribution in [2.24, 2.45) is 0 Å². The fraction of sp³-hybridized carbons (Fsp3) is 0.462. The molecular weight excluding hydrogens is 214 g/mol. The average molecular weight is 231 g/mol. The molecule has 1 fully saturated rings. The van der Waals surface area contributed by atoms with Crippen LogP contribution in [-0.2, 0) is 0 Å². The van der Waals surface area contributed by atoms with Gasteiger partial charge in [-0.2, -0.15) is 0 Å². The number of aliphatic hydroxyl groups is 1. The van der Waals surface area contributed by atoms with Crippen molar-refractivity contribution in [3.05, 3.63) is 24.5 Å². The molecule has 1 saturated carbocycles. The second kappa shape index (κ2) is 4.37. The first kappa shape index (κ1) is 10.6. The van der Waals surface area contributed by atoms with Gasteiger partial charge in [0.05, 0.1) is 6.10 Å². The SMILES string of the molecule is OC1CCC(Nc2ccnc3[nH]ccc23)CC1. The first-order chi connectivity index (χ1) is 8.33. The second-order valence-electron chi connectivity index (χ2n) is 4.75. The lowest BCUT2D eigenvalue weighted by Crippen LogP contribution is -2.28. The Morgan fingerprint density at radius 3 is 2.88 bits per heavy atom. The van der Waals surface area contributed by atoms with Gasteiger partial charge in [0, 0.05) is 29.5 Å². The van der Waals surface area contributed by atoms with E-state index in [0.717, 1.165) is 42.4 Å². The fourth-order valence-corrected chi connectivity index (χ4v) is 2.53. The highest BCUT2D eigenvalue weighted by molar-refractivity contribution is 5.89. The third kappa shape index (κ3) is 2.13. The maximum absolute atomic E-state index is 9.49. The zero-order valence-electron chi connectivity index (χ0n) is 9.69. The molecule has 2 aromatic rings. The predicted octanol–water partition coefficient (Wildman–Crippen LogP) is 2.28. The Labute approximate surface area is 100 Å². The molecule has 4 heteroatoms. The highest BCUT2D eigenvalue weighted by Gasteiger charge is 2.19.